The third-order valence-electron chi connectivity index (χ3n) is 9.28. The summed E-state index contributed by atoms with van der Waals surface area (Å²) >= 11 is 0. The summed E-state index contributed by atoms with van der Waals surface area (Å²) in [6.45, 7) is 2.10. The van der Waals surface area contributed by atoms with Crippen molar-refractivity contribution in [2.45, 2.75) is 6.92 Å². The van der Waals surface area contributed by atoms with Crippen LogP contribution in [0.2, 0.25) is 0 Å². The summed E-state index contributed by atoms with van der Waals surface area (Å²) in [4.78, 5) is 17.3. The van der Waals surface area contributed by atoms with Crippen molar-refractivity contribution < 1.29 is 40.2 Å². The van der Waals surface area contributed by atoms with Gasteiger partial charge in [-0.15, -0.1) is 144 Å². The van der Waals surface area contributed by atoms with Crippen LogP contribution < -0.4 is 0 Å². The van der Waals surface area contributed by atoms with Gasteiger partial charge in [0.15, 0.2) is 0 Å². The summed E-state index contributed by atoms with van der Waals surface area (Å²) in [5.74, 6) is 0. The van der Waals surface area contributed by atoms with E-state index in [1.165, 1.54) is 27.8 Å². The second-order valence-corrected chi connectivity index (χ2v) is 13.6. The first-order valence-electron chi connectivity index (χ1n) is 19.9. The molecular weight excluding hydrogens is 1130 g/mol. The second kappa shape index (κ2) is 25.9. The third kappa shape index (κ3) is 14.7. The maximum atomic E-state index is 4.42. The number of aromatic nitrogens is 4. The molecule has 10 aromatic rings. The van der Waals surface area contributed by atoms with Gasteiger partial charge in [-0.3, -0.25) is 0 Å². The number of aryl methyl sites for hydroxylation is 1. The first-order chi connectivity index (χ1) is 30.2. The van der Waals surface area contributed by atoms with E-state index in [1.807, 2.05) is 176 Å². The largest absolute Gasteiger partial charge is 0.305 e. The van der Waals surface area contributed by atoms with Crippen LogP contribution in [0.5, 0.6) is 0 Å². The maximum absolute atomic E-state index is 4.42. The monoisotopic (exact) mass is 1170 g/mol. The number of benzene rings is 6. The normalized spacial score (nSPS) is 9.73. The van der Waals surface area contributed by atoms with Gasteiger partial charge in [0, 0.05) is 65.0 Å². The smallest absolute Gasteiger partial charge is 0.0166 e. The molecule has 4 nitrogen and oxygen atoms in total. The number of hydrogen-bond acceptors (Lipinski definition) is 4. The van der Waals surface area contributed by atoms with E-state index in [2.05, 4.69) is 99.7 Å². The summed E-state index contributed by atoms with van der Waals surface area (Å²) in [5, 5.41) is 0. The SMILES string of the molecule is Cc1ccc(-c2ccnc(-c3[c-]cccc3)c2)cc1.[Ir].[Ir].[c-]1ccccc1-c1cc(-c2ccccc2)ccn1.[c-]1ccccc1-c1ccccn1.[c-]1ccccc1-c1ccccn1. The van der Waals surface area contributed by atoms with Gasteiger partial charge in [0.2, 0.25) is 0 Å². The Balaban J connectivity index is 0.000000160. The average Bonchev–Trinajstić information content (AvgIpc) is 3.37. The predicted molar refractivity (Wildman–Crippen MR) is 250 cm³/mol. The van der Waals surface area contributed by atoms with E-state index >= 15 is 0 Å². The van der Waals surface area contributed by atoms with Crippen LogP contribution in [0.15, 0.2) is 237 Å². The standard InChI is InChI=1S/C18H14N.C17H12N.2C11H8N.2Ir/c1-14-7-9-15(10-8-14)17-11-12-19-18(13-17)16-5-3-2-4-6-16;1-3-7-14(8-4-1)16-11-12-18-17(13-16)15-9-5-2-6-10-15;2*1-2-6-10(7-3-1)11-8-4-5-9-12-11;;/h2-5,7-13H,1H3;1-9,11-13H;2*1-6,8-9H;;/q4*-1;;. The Bertz CT molecular complexity index is 2560. The van der Waals surface area contributed by atoms with Gasteiger partial charge in [0.1, 0.15) is 0 Å². The van der Waals surface area contributed by atoms with Crippen LogP contribution in [-0.4, -0.2) is 19.9 Å². The quantitative estimate of drug-likeness (QED) is 0.156. The number of nitrogens with zero attached hydrogens (tertiary/aromatic N) is 4. The molecule has 4 heterocycles. The zero-order chi connectivity index (χ0) is 41.7. The molecule has 0 spiro atoms. The van der Waals surface area contributed by atoms with Gasteiger partial charge in [-0.05, 0) is 76.2 Å². The van der Waals surface area contributed by atoms with Crippen molar-refractivity contribution in [1.82, 2.24) is 19.9 Å². The molecule has 0 unspecified atom stereocenters. The molecule has 63 heavy (non-hydrogen) atoms. The van der Waals surface area contributed by atoms with Gasteiger partial charge in [0.25, 0.3) is 0 Å². The molecule has 0 saturated heterocycles. The Hall–Kier alpha value is -6.78. The average molecular weight is 1170 g/mol. The molecule has 0 N–H and O–H groups in total. The molecule has 312 valence electrons. The summed E-state index contributed by atoms with van der Waals surface area (Å²) in [5.41, 5.74) is 14.0. The van der Waals surface area contributed by atoms with Crippen LogP contribution >= 0.6 is 0 Å². The van der Waals surface area contributed by atoms with Crippen LogP contribution in [0.4, 0.5) is 0 Å². The fourth-order valence-corrected chi connectivity index (χ4v) is 6.15. The van der Waals surface area contributed by atoms with Crippen LogP contribution in [0, 0.1) is 31.2 Å². The topological polar surface area (TPSA) is 51.6 Å². The number of hydrogen-bond donors (Lipinski definition) is 0. The Labute approximate surface area is 398 Å². The fraction of sp³-hybridized carbons (Fsp3) is 0.0175. The van der Waals surface area contributed by atoms with E-state index in [4.69, 9.17) is 0 Å². The van der Waals surface area contributed by atoms with Gasteiger partial charge in [0.05, 0.1) is 0 Å². The molecule has 0 aliphatic carbocycles. The van der Waals surface area contributed by atoms with Crippen LogP contribution in [0.3, 0.4) is 0 Å². The molecule has 0 atom stereocenters. The molecule has 10 rings (SSSR count). The molecule has 4 aromatic heterocycles. The van der Waals surface area contributed by atoms with Crippen LogP contribution in [-0.2, 0) is 40.2 Å². The maximum Gasteiger partial charge on any atom is 0.0166 e. The zero-order valence-electron chi connectivity index (χ0n) is 34.5. The third-order valence-corrected chi connectivity index (χ3v) is 9.28. The Morgan fingerprint density at radius 1 is 0.286 bits per heavy atom. The van der Waals surface area contributed by atoms with Gasteiger partial charge < -0.3 is 19.9 Å². The molecule has 0 fully saturated rings. The van der Waals surface area contributed by atoms with Gasteiger partial charge in [-0.2, -0.15) is 0 Å². The summed E-state index contributed by atoms with van der Waals surface area (Å²) in [6, 6.07) is 83.0. The Morgan fingerprint density at radius 3 is 1.00 bits per heavy atom. The van der Waals surface area contributed by atoms with E-state index < -0.39 is 0 Å². The van der Waals surface area contributed by atoms with Gasteiger partial charge in [-0.1, -0.05) is 96.6 Å². The predicted octanol–water partition coefficient (Wildman–Crippen LogP) is 13.8. The molecule has 0 saturated carbocycles. The van der Waals surface area contributed by atoms with Gasteiger partial charge >= 0.3 is 0 Å². The molecule has 2 radical (unpaired) electrons. The second-order valence-electron chi connectivity index (χ2n) is 13.6. The fourth-order valence-electron chi connectivity index (χ4n) is 6.15. The molecule has 0 bridgehead atoms. The van der Waals surface area contributed by atoms with E-state index in [0.29, 0.717) is 0 Å². The van der Waals surface area contributed by atoms with Crippen molar-refractivity contribution in [2.75, 3.05) is 0 Å². The number of rotatable bonds is 6. The summed E-state index contributed by atoms with van der Waals surface area (Å²) in [6.07, 6.45) is 7.27. The minimum Gasteiger partial charge on any atom is -0.305 e. The molecule has 0 amide bonds. The first kappa shape index (κ1) is 47.3. The van der Waals surface area contributed by atoms with E-state index in [0.717, 1.165) is 45.0 Å². The van der Waals surface area contributed by atoms with Crippen molar-refractivity contribution in [3.8, 4) is 67.3 Å². The summed E-state index contributed by atoms with van der Waals surface area (Å²) in [7, 11) is 0. The van der Waals surface area contributed by atoms with Crippen molar-refractivity contribution in [2.24, 2.45) is 0 Å². The minimum absolute atomic E-state index is 0. The zero-order valence-corrected chi connectivity index (χ0v) is 39.3. The molecule has 6 heteroatoms. The summed E-state index contributed by atoms with van der Waals surface area (Å²) < 4.78 is 0. The van der Waals surface area contributed by atoms with Gasteiger partial charge in [-0.25, -0.2) is 0 Å². The van der Waals surface area contributed by atoms with Crippen LogP contribution in [0.1, 0.15) is 5.56 Å². The molecule has 6 aromatic carbocycles. The molecule has 0 aliphatic rings. The van der Waals surface area contributed by atoms with E-state index in [9.17, 15) is 0 Å². The van der Waals surface area contributed by atoms with Crippen molar-refractivity contribution in [3.63, 3.8) is 0 Å². The van der Waals surface area contributed by atoms with Crippen molar-refractivity contribution in [3.05, 3.63) is 267 Å². The Morgan fingerprint density at radius 2 is 0.635 bits per heavy atom. The molecular formula is C57H42Ir2N4-4. The van der Waals surface area contributed by atoms with Crippen molar-refractivity contribution >= 4 is 0 Å². The van der Waals surface area contributed by atoms with E-state index in [1.54, 1.807) is 12.4 Å². The molecule has 0 aliphatic heterocycles. The minimum atomic E-state index is 0. The Kier molecular flexibility index (Phi) is 19.4. The van der Waals surface area contributed by atoms with E-state index in [-0.39, 0.29) is 40.2 Å². The van der Waals surface area contributed by atoms with Crippen LogP contribution in [0.25, 0.3) is 67.3 Å². The number of pyridine rings is 4. The van der Waals surface area contributed by atoms with Crippen molar-refractivity contribution in [1.29, 1.82) is 0 Å². The first-order valence-corrected chi connectivity index (χ1v) is 19.9.